The van der Waals surface area contributed by atoms with Gasteiger partial charge in [0.2, 0.25) is 0 Å². The Labute approximate surface area is 81.0 Å². The molecule has 0 aromatic heterocycles. The molecule has 1 fully saturated rings. The first-order valence-corrected chi connectivity index (χ1v) is 5.32. The van der Waals surface area contributed by atoms with Crippen LogP contribution in [0.25, 0.3) is 0 Å². The fraction of sp³-hybridized carbons (Fsp3) is 0.615. The maximum Gasteiger partial charge on any atom is -0.00331 e. The van der Waals surface area contributed by atoms with E-state index in [0.717, 1.165) is 23.7 Å². The van der Waals surface area contributed by atoms with Crippen molar-refractivity contribution in [2.75, 3.05) is 0 Å². The highest BCUT2D eigenvalue weighted by molar-refractivity contribution is 5.21. The Morgan fingerprint density at radius 3 is 2.77 bits per heavy atom. The zero-order valence-corrected chi connectivity index (χ0v) is 8.59. The summed E-state index contributed by atoms with van der Waals surface area (Å²) in [6, 6.07) is 0. The summed E-state index contributed by atoms with van der Waals surface area (Å²) in [5.74, 6) is 3.26. The summed E-state index contributed by atoms with van der Waals surface area (Å²) in [4.78, 5) is 0. The molecule has 0 aliphatic heterocycles. The summed E-state index contributed by atoms with van der Waals surface area (Å²) in [6.07, 6.45) is 7.51. The molecule has 2 rings (SSSR count). The summed E-state index contributed by atoms with van der Waals surface area (Å²) >= 11 is 0. The van der Waals surface area contributed by atoms with E-state index in [0.29, 0.717) is 0 Å². The lowest BCUT2D eigenvalue weighted by atomic mass is 9.78. The molecular weight excluding hydrogens is 156 g/mol. The first kappa shape index (κ1) is 8.84. The van der Waals surface area contributed by atoms with E-state index in [-0.39, 0.29) is 0 Å². The van der Waals surface area contributed by atoms with Gasteiger partial charge in [0.15, 0.2) is 0 Å². The van der Waals surface area contributed by atoms with Crippen molar-refractivity contribution in [3.05, 3.63) is 30.0 Å². The van der Waals surface area contributed by atoms with Crippen LogP contribution in [-0.2, 0) is 0 Å². The maximum atomic E-state index is 3.77. The van der Waals surface area contributed by atoms with Crippen molar-refractivity contribution in [2.45, 2.75) is 26.7 Å². The summed E-state index contributed by atoms with van der Waals surface area (Å²) in [6.45, 7) is 8.27. The molecule has 4 atom stereocenters. The molecule has 0 N–H and O–H groups in total. The Kier molecular flexibility index (Phi) is 2.17. The van der Waals surface area contributed by atoms with Gasteiger partial charge in [-0.15, -0.1) is 5.73 Å². The van der Waals surface area contributed by atoms with E-state index in [4.69, 9.17) is 0 Å². The van der Waals surface area contributed by atoms with E-state index >= 15 is 0 Å². The lowest BCUT2D eigenvalue weighted by molar-refractivity contribution is 0.343. The SMILES string of the molecule is C=C=C(C)C1C2C=CC(C2)C1CC. The predicted molar refractivity (Wildman–Crippen MR) is 56.3 cm³/mol. The van der Waals surface area contributed by atoms with Gasteiger partial charge in [-0.3, -0.25) is 0 Å². The molecule has 0 aromatic rings. The van der Waals surface area contributed by atoms with Crippen molar-refractivity contribution in [2.24, 2.45) is 23.7 Å². The van der Waals surface area contributed by atoms with E-state index < -0.39 is 0 Å². The van der Waals surface area contributed by atoms with Gasteiger partial charge in [-0.05, 0) is 42.6 Å². The predicted octanol–water partition coefficient (Wildman–Crippen LogP) is 3.57. The molecule has 0 aromatic carbocycles. The Hall–Kier alpha value is -0.740. The molecule has 0 radical (unpaired) electrons. The van der Waals surface area contributed by atoms with Gasteiger partial charge < -0.3 is 0 Å². The van der Waals surface area contributed by atoms with E-state index in [1.807, 2.05) is 0 Å². The monoisotopic (exact) mass is 174 g/mol. The second-order valence-corrected chi connectivity index (χ2v) is 4.41. The molecule has 70 valence electrons. The van der Waals surface area contributed by atoms with Crippen LogP contribution < -0.4 is 0 Å². The van der Waals surface area contributed by atoms with Crippen LogP contribution in [0.2, 0.25) is 0 Å². The average molecular weight is 174 g/mol. The van der Waals surface area contributed by atoms with Crippen molar-refractivity contribution in [3.8, 4) is 0 Å². The molecule has 4 unspecified atom stereocenters. The Balaban J connectivity index is 2.28. The summed E-state index contributed by atoms with van der Waals surface area (Å²) in [7, 11) is 0. The highest BCUT2D eigenvalue weighted by atomic mass is 14.5. The molecule has 0 saturated heterocycles. The zero-order valence-electron chi connectivity index (χ0n) is 8.59. The van der Waals surface area contributed by atoms with Crippen molar-refractivity contribution in [1.29, 1.82) is 0 Å². The fourth-order valence-corrected chi connectivity index (χ4v) is 3.24. The van der Waals surface area contributed by atoms with Crippen molar-refractivity contribution >= 4 is 0 Å². The van der Waals surface area contributed by atoms with Crippen LogP contribution in [0.3, 0.4) is 0 Å². The first-order chi connectivity index (χ1) is 6.27. The largest absolute Gasteiger partial charge is 0.130 e. The number of fused-ring (bicyclic) bond motifs is 2. The number of rotatable bonds is 2. The summed E-state index contributed by atoms with van der Waals surface area (Å²) < 4.78 is 0. The van der Waals surface area contributed by atoms with Gasteiger partial charge in [-0.1, -0.05) is 32.1 Å². The lowest BCUT2D eigenvalue weighted by Gasteiger charge is -2.26. The zero-order chi connectivity index (χ0) is 9.42. The Bertz CT molecular complexity index is 278. The molecule has 0 spiro atoms. The minimum atomic E-state index is 0.748. The number of hydrogen-bond donors (Lipinski definition) is 0. The fourth-order valence-electron chi connectivity index (χ4n) is 3.24. The van der Waals surface area contributed by atoms with Crippen LogP contribution in [0.5, 0.6) is 0 Å². The molecule has 0 heteroatoms. The maximum absolute atomic E-state index is 3.77. The third kappa shape index (κ3) is 1.21. The molecule has 0 amide bonds. The minimum absolute atomic E-state index is 0.748. The molecule has 0 nitrogen and oxygen atoms in total. The van der Waals surface area contributed by atoms with E-state index in [2.05, 4.69) is 38.3 Å². The van der Waals surface area contributed by atoms with Crippen LogP contribution >= 0.6 is 0 Å². The molecule has 1 saturated carbocycles. The van der Waals surface area contributed by atoms with Gasteiger partial charge in [0.25, 0.3) is 0 Å². The highest BCUT2D eigenvalue weighted by Crippen LogP contribution is 2.51. The number of allylic oxidation sites excluding steroid dienone is 3. The van der Waals surface area contributed by atoms with Gasteiger partial charge >= 0.3 is 0 Å². The van der Waals surface area contributed by atoms with Crippen LogP contribution in [0, 0.1) is 23.7 Å². The molecule has 0 heterocycles. The first-order valence-electron chi connectivity index (χ1n) is 5.32. The van der Waals surface area contributed by atoms with Crippen molar-refractivity contribution in [3.63, 3.8) is 0 Å². The molecular formula is C13H18. The second kappa shape index (κ2) is 3.20. The van der Waals surface area contributed by atoms with E-state index in [9.17, 15) is 0 Å². The van der Waals surface area contributed by atoms with Gasteiger partial charge in [0.1, 0.15) is 0 Å². The van der Waals surface area contributed by atoms with E-state index in [1.54, 1.807) is 0 Å². The topological polar surface area (TPSA) is 0 Å². The normalized spacial score (nSPS) is 40.8. The standard InChI is InChI=1S/C13H18/c1-4-9(3)13-11-7-6-10(8-11)12(13)5-2/h6-7,10-13H,1,5,8H2,2-3H3. The van der Waals surface area contributed by atoms with Crippen LogP contribution in [0.4, 0.5) is 0 Å². The Morgan fingerprint density at radius 2 is 2.15 bits per heavy atom. The smallest absolute Gasteiger partial charge is 0.00331 e. The quantitative estimate of drug-likeness (QED) is 0.443. The third-order valence-electron chi connectivity index (χ3n) is 3.87. The Morgan fingerprint density at radius 1 is 1.46 bits per heavy atom. The van der Waals surface area contributed by atoms with Crippen molar-refractivity contribution < 1.29 is 0 Å². The number of hydrogen-bond acceptors (Lipinski definition) is 0. The van der Waals surface area contributed by atoms with Gasteiger partial charge in [-0.25, -0.2) is 0 Å². The van der Waals surface area contributed by atoms with E-state index in [1.165, 1.54) is 18.4 Å². The van der Waals surface area contributed by atoms with Gasteiger partial charge in [0.05, 0.1) is 0 Å². The highest BCUT2D eigenvalue weighted by Gasteiger charge is 2.43. The van der Waals surface area contributed by atoms with Crippen LogP contribution in [-0.4, -0.2) is 0 Å². The van der Waals surface area contributed by atoms with Gasteiger partial charge in [0, 0.05) is 0 Å². The minimum Gasteiger partial charge on any atom is -0.130 e. The third-order valence-corrected chi connectivity index (χ3v) is 3.87. The summed E-state index contributed by atoms with van der Waals surface area (Å²) in [5.41, 5.74) is 4.47. The molecule has 13 heavy (non-hydrogen) atoms. The summed E-state index contributed by atoms with van der Waals surface area (Å²) in [5, 5.41) is 0. The van der Waals surface area contributed by atoms with Crippen LogP contribution in [0.1, 0.15) is 26.7 Å². The van der Waals surface area contributed by atoms with Gasteiger partial charge in [-0.2, -0.15) is 0 Å². The molecule has 2 aliphatic rings. The second-order valence-electron chi connectivity index (χ2n) is 4.41. The average Bonchev–Trinajstić information content (AvgIpc) is 2.74. The van der Waals surface area contributed by atoms with Crippen LogP contribution in [0.15, 0.2) is 30.0 Å². The molecule has 2 aliphatic carbocycles. The molecule has 2 bridgehead atoms. The van der Waals surface area contributed by atoms with Crippen molar-refractivity contribution in [1.82, 2.24) is 0 Å². The lowest BCUT2D eigenvalue weighted by Crippen LogP contribution is -2.19.